The maximum absolute atomic E-state index is 12.2. The van der Waals surface area contributed by atoms with Crippen LogP contribution < -0.4 is 5.73 Å². The van der Waals surface area contributed by atoms with E-state index in [0.29, 0.717) is 5.56 Å². The van der Waals surface area contributed by atoms with Crippen molar-refractivity contribution in [3.8, 4) is 0 Å². The fourth-order valence-corrected chi connectivity index (χ4v) is 4.56. The highest BCUT2D eigenvalue weighted by molar-refractivity contribution is 6.18. The summed E-state index contributed by atoms with van der Waals surface area (Å²) in [5.41, 5.74) is 13.8. The van der Waals surface area contributed by atoms with Gasteiger partial charge in [0.15, 0.2) is 0 Å². The molecule has 154 valence electrons. The van der Waals surface area contributed by atoms with Gasteiger partial charge in [0.25, 0.3) is 0 Å². The number of rotatable bonds is 7. The van der Waals surface area contributed by atoms with E-state index in [2.05, 4.69) is 67.8 Å². The SMILES string of the molecule is CCCCCc1ccc2c3c(C(N)=O)cccc3n(Cc3c(C)cccc3C)c2c1. The molecule has 0 saturated carbocycles. The zero-order valence-electron chi connectivity index (χ0n) is 18.2. The summed E-state index contributed by atoms with van der Waals surface area (Å²) in [5.74, 6) is -0.376. The van der Waals surface area contributed by atoms with Crippen LogP contribution in [0.1, 0.15) is 58.8 Å². The van der Waals surface area contributed by atoms with Crippen LogP contribution in [0.2, 0.25) is 0 Å². The number of benzene rings is 3. The Morgan fingerprint density at radius 2 is 1.67 bits per heavy atom. The lowest BCUT2D eigenvalue weighted by Gasteiger charge is -2.14. The Morgan fingerprint density at radius 3 is 2.37 bits per heavy atom. The molecule has 0 radical (unpaired) electrons. The number of unbranched alkanes of at least 4 members (excludes halogenated alkanes) is 2. The summed E-state index contributed by atoms with van der Waals surface area (Å²) >= 11 is 0. The molecule has 0 aliphatic rings. The van der Waals surface area contributed by atoms with E-state index in [1.807, 2.05) is 12.1 Å². The van der Waals surface area contributed by atoms with E-state index in [1.165, 1.54) is 47.0 Å². The van der Waals surface area contributed by atoms with Crippen molar-refractivity contribution in [1.29, 1.82) is 0 Å². The van der Waals surface area contributed by atoms with Crippen molar-refractivity contribution in [3.63, 3.8) is 0 Å². The van der Waals surface area contributed by atoms with Gasteiger partial charge in [0.2, 0.25) is 5.91 Å². The minimum Gasteiger partial charge on any atom is -0.366 e. The lowest BCUT2D eigenvalue weighted by Crippen LogP contribution is -2.11. The second-order valence-corrected chi connectivity index (χ2v) is 8.33. The van der Waals surface area contributed by atoms with Gasteiger partial charge in [-0.2, -0.15) is 0 Å². The van der Waals surface area contributed by atoms with Crippen LogP contribution in [0.15, 0.2) is 54.6 Å². The fraction of sp³-hybridized carbons (Fsp3) is 0.296. The third-order valence-electron chi connectivity index (χ3n) is 6.25. The number of aryl methyl sites for hydroxylation is 3. The molecule has 30 heavy (non-hydrogen) atoms. The van der Waals surface area contributed by atoms with E-state index in [9.17, 15) is 4.79 Å². The van der Waals surface area contributed by atoms with Crippen LogP contribution in [-0.2, 0) is 13.0 Å². The summed E-state index contributed by atoms with van der Waals surface area (Å²) in [6.07, 6.45) is 4.75. The van der Waals surface area contributed by atoms with Crippen LogP contribution in [0.4, 0.5) is 0 Å². The number of nitrogens with zero attached hydrogens (tertiary/aromatic N) is 1. The van der Waals surface area contributed by atoms with Gasteiger partial charge in [0.1, 0.15) is 0 Å². The van der Waals surface area contributed by atoms with Gasteiger partial charge in [0, 0.05) is 28.4 Å². The number of hydrogen-bond donors (Lipinski definition) is 1. The Labute approximate surface area is 178 Å². The van der Waals surface area contributed by atoms with Crippen LogP contribution in [0.5, 0.6) is 0 Å². The number of hydrogen-bond acceptors (Lipinski definition) is 1. The van der Waals surface area contributed by atoms with Gasteiger partial charge in [0.05, 0.1) is 5.52 Å². The molecule has 4 rings (SSSR count). The van der Waals surface area contributed by atoms with E-state index < -0.39 is 0 Å². The van der Waals surface area contributed by atoms with Gasteiger partial charge in [-0.1, -0.05) is 56.2 Å². The van der Waals surface area contributed by atoms with E-state index in [1.54, 1.807) is 0 Å². The molecule has 0 unspecified atom stereocenters. The molecule has 0 saturated heterocycles. The average molecular weight is 399 g/mol. The Bertz CT molecular complexity index is 1210. The van der Waals surface area contributed by atoms with Crippen LogP contribution >= 0.6 is 0 Å². The first kappa shape index (κ1) is 20.2. The smallest absolute Gasteiger partial charge is 0.249 e. The Kier molecular flexibility index (Phi) is 5.63. The van der Waals surface area contributed by atoms with E-state index in [-0.39, 0.29) is 5.91 Å². The summed E-state index contributed by atoms with van der Waals surface area (Å²) in [5, 5.41) is 2.07. The molecule has 0 fully saturated rings. The second kappa shape index (κ2) is 8.35. The summed E-state index contributed by atoms with van der Waals surface area (Å²) in [6.45, 7) is 7.35. The standard InChI is InChI=1S/C27H30N2O/c1-4-5-6-11-20-14-15-21-25(16-20)29(17-23-18(2)9-7-10-19(23)3)24-13-8-12-22(26(21)24)27(28)30/h7-10,12-16H,4-6,11,17H2,1-3H3,(H2,28,30). The van der Waals surface area contributed by atoms with Gasteiger partial charge in [-0.25, -0.2) is 0 Å². The number of amides is 1. The number of fused-ring (bicyclic) bond motifs is 3. The number of nitrogens with two attached hydrogens (primary N) is 1. The van der Waals surface area contributed by atoms with E-state index >= 15 is 0 Å². The topological polar surface area (TPSA) is 48.0 Å². The van der Waals surface area contributed by atoms with Crippen LogP contribution in [0.25, 0.3) is 21.8 Å². The average Bonchev–Trinajstić information content (AvgIpc) is 3.04. The highest BCUT2D eigenvalue weighted by Crippen LogP contribution is 2.34. The van der Waals surface area contributed by atoms with Crippen molar-refractivity contribution < 1.29 is 4.79 Å². The van der Waals surface area contributed by atoms with Gasteiger partial charge in [-0.15, -0.1) is 0 Å². The predicted octanol–water partition coefficient (Wildman–Crippen LogP) is 6.29. The molecule has 0 atom stereocenters. The summed E-state index contributed by atoms with van der Waals surface area (Å²) in [6, 6.07) is 19.0. The molecule has 0 aliphatic heterocycles. The molecule has 3 aromatic carbocycles. The number of aromatic nitrogens is 1. The molecule has 4 aromatic rings. The largest absolute Gasteiger partial charge is 0.366 e. The first-order valence-corrected chi connectivity index (χ1v) is 10.9. The van der Waals surface area contributed by atoms with Crippen LogP contribution in [0.3, 0.4) is 0 Å². The molecule has 1 aromatic heterocycles. The molecule has 2 N–H and O–H groups in total. The van der Waals surface area contributed by atoms with Gasteiger partial charge < -0.3 is 10.3 Å². The molecule has 3 nitrogen and oxygen atoms in total. The maximum Gasteiger partial charge on any atom is 0.249 e. The molecule has 1 heterocycles. The molecule has 1 amide bonds. The number of carbonyl (C=O) groups excluding carboxylic acids is 1. The molecule has 3 heteroatoms. The fourth-order valence-electron chi connectivity index (χ4n) is 4.56. The highest BCUT2D eigenvalue weighted by Gasteiger charge is 2.17. The highest BCUT2D eigenvalue weighted by atomic mass is 16.1. The lowest BCUT2D eigenvalue weighted by atomic mass is 10.0. The van der Waals surface area contributed by atoms with Crippen molar-refractivity contribution in [2.75, 3.05) is 0 Å². The number of primary amides is 1. The van der Waals surface area contributed by atoms with Crippen molar-refractivity contribution >= 4 is 27.7 Å². The normalized spacial score (nSPS) is 11.4. The molecule has 0 aliphatic carbocycles. The maximum atomic E-state index is 12.2. The van der Waals surface area contributed by atoms with E-state index in [0.717, 1.165) is 29.3 Å². The Balaban J connectivity index is 1.96. The third-order valence-corrected chi connectivity index (χ3v) is 6.25. The third kappa shape index (κ3) is 3.60. The minimum atomic E-state index is -0.376. The molecule has 0 spiro atoms. The predicted molar refractivity (Wildman–Crippen MR) is 126 cm³/mol. The van der Waals surface area contributed by atoms with Crippen LogP contribution in [-0.4, -0.2) is 10.5 Å². The summed E-state index contributed by atoms with van der Waals surface area (Å²) < 4.78 is 2.36. The van der Waals surface area contributed by atoms with Gasteiger partial charge in [-0.3, -0.25) is 4.79 Å². The molecule has 0 bridgehead atoms. The summed E-state index contributed by atoms with van der Waals surface area (Å²) in [4.78, 5) is 12.2. The van der Waals surface area contributed by atoms with Gasteiger partial charge in [-0.05, 0) is 67.1 Å². The molecular formula is C27H30N2O. The Morgan fingerprint density at radius 1 is 0.933 bits per heavy atom. The van der Waals surface area contributed by atoms with Crippen LogP contribution in [0, 0.1) is 13.8 Å². The first-order valence-electron chi connectivity index (χ1n) is 10.9. The zero-order valence-corrected chi connectivity index (χ0v) is 18.2. The lowest BCUT2D eigenvalue weighted by molar-refractivity contribution is 0.100. The first-order chi connectivity index (χ1) is 14.5. The monoisotopic (exact) mass is 398 g/mol. The zero-order chi connectivity index (χ0) is 21.3. The quantitative estimate of drug-likeness (QED) is 0.365. The van der Waals surface area contributed by atoms with Crippen molar-refractivity contribution in [3.05, 3.63) is 82.4 Å². The van der Waals surface area contributed by atoms with Crippen molar-refractivity contribution in [2.24, 2.45) is 5.73 Å². The second-order valence-electron chi connectivity index (χ2n) is 8.33. The van der Waals surface area contributed by atoms with E-state index in [4.69, 9.17) is 5.73 Å². The minimum absolute atomic E-state index is 0.376. The van der Waals surface area contributed by atoms with Crippen molar-refractivity contribution in [2.45, 2.75) is 53.0 Å². The molecular weight excluding hydrogens is 368 g/mol. The summed E-state index contributed by atoms with van der Waals surface area (Å²) in [7, 11) is 0. The number of carbonyl (C=O) groups is 1. The van der Waals surface area contributed by atoms with Gasteiger partial charge >= 0.3 is 0 Å². The van der Waals surface area contributed by atoms with Crippen molar-refractivity contribution in [1.82, 2.24) is 4.57 Å². The Hall–Kier alpha value is -3.07.